The van der Waals surface area contributed by atoms with Gasteiger partial charge in [0.2, 0.25) is 5.43 Å². The number of amides is 2. The van der Waals surface area contributed by atoms with Crippen LogP contribution < -0.4 is 16.1 Å². The molecule has 3 rings (SSSR count). The van der Waals surface area contributed by atoms with Crippen LogP contribution >= 0.6 is 0 Å². The van der Waals surface area contributed by atoms with Gasteiger partial charge in [0.15, 0.2) is 0 Å². The Balaban J connectivity index is 1.82. The largest absolute Gasteiger partial charge is 0.376 e. The SMILES string of the molecule is CN(C)CC(C)(C)CNC(=O)c1cn(C[C@@H]2CCCO2)cc(C(=O)NC2CCCCCCC2)c1=O. The predicted octanol–water partition coefficient (Wildman–Crippen LogP) is 3.19. The van der Waals surface area contributed by atoms with Gasteiger partial charge < -0.3 is 24.8 Å². The van der Waals surface area contributed by atoms with Crippen LogP contribution in [0, 0.1) is 5.41 Å². The number of ether oxygens (including phenoxy) is 1. The Morgan fingerprint density at radius 3 is 2.23 bits per heavy atom. The van der Waals surface area contributed by atoms with Gasteiger partial charge in [-0.1, -0.05) is 46.0 Å². The molecule has 1 saturated heterocycles. The third-order valence-electron chi connectivity index (χ3n) is 6.92. The molecule has 1 atom stereocenters. The quantitative estimate of drug-likeness (QED) is 0.557. The fraction of sp³-hybridized carbons (Fsp3) is 0.741. The molecule has 2 fully saturated rings. The van der Waals surface area contributed by atoms with Gasteiger partial charge in [0.1, 0.15) is 11.1 Å². The number of hydrogen-bond acceptors (Lipinski definition) is 5. The summed E-state index contributed by atoms with van der Waals surface area (Å²) in [6, 6.07) is 0.0677. The highest BCUT2D eigenvalue weighted by molar-refractivity contribution is 5.99. The molecule has 8 nitrogen and oxygen atoms in total. The summed E-state index contributed by atoms with van der Waals surface area (Å²) >= 11 is 0. The second-order valence-electron chi connectivity index (χ2n) is 11.3. The molecule has 2 heterocycles. The fourth-order valence-electron chi connectivity index (χ4n) is 5.27. The van der Waals surface area contributed by atoms with E-state index in [9.17, 15) is 14.4 Å². The summed E-state index contributed by atoms with van der Waals surface area (Å²) in [6.45, 7) is 6.59. The fourth-order valence-corrected chi connectivity index (χ4v) is 5.27. The first-order valence-electron chi connectivity index (χ1n) is 13.2. The van der Waals surface area contributed by atoms with Gasteiger partial charge in [-0.05, 0) is 45.2 Å². The van der Waals surface area contributed by atoms with Crippen molar-refractivity contribution in [3.8, 4) is 0 Å². The Morgan fingerprint density at radius 1 is 1.00 bits per heavy atom. The van der Waals surface area contributed by atoms with Crippen molar-refractivity contribution in [3.63, 3.8) is 0 Å². The van der Waals surface area contributed by atoms with E-state index in [2.05, 4.69) is 29.4 Å². The summed E-state index contributed by atoms with van der Waals surface area (Å²) in [5.74, 6) is -0.826. The van der Waals surface area contributed by atoms with Crippen LogP contribution in [0.25, 0.3) is 0 Å². The lowest BCUT2D eigenvalue weighted by Gasteiger charge is -2.28. The Morgan fingerprint density at radius 2 is 1.63 bits per heavy atom. The van der Waals surface area contributed by atoms with Crippen molar-refractivity contribution < 1.29 is 14.3 Å². The number of rotatable bonds is 9. The minimum absolute atomic E-state index is 0.00830. The molecule has 8 heteroatoms. The lowest BCUT2D eigenvalue weighted by Crippen LogP contribution is -2.43. The van der Waals surface area contributed by atoms with E-state index < -0.39 is 11.3 Å². The summed E-state index contributed by atoms with van der Waals surface area (Å²) in [7, 11) is 3.98. The number of pyridine rings is 1. The molecule has 1 aromatic heterocycles. The van der Waals surface area contributed by atoms with Crippen molar-refractivity contribution in [3.05, 3.63) is 33.7 Å². The molecule has 2 N–H and O–H groups in total. The number of nitrogens with zero attached hydrogens (tertiary/aromatic N) is 2. The van der Waals surface area contributed by atoms with Gasteiger partial charge in [0.25, 0.3) is 11.8 Å². The van der Waals surface area contributed by atoms with E-state index in [0.29, 0.717) is 19.7 Å². The average Bonchev–Trinajstić information content (AvgIpc) is 3.27. The highest BCUT2D eigenvalue weighted by atomic mass is 16.5. The summed E-state index contributed by atoms with van der Waals surface area (Å²) in [4.78, 5) is 41.8. The molecular weight excluding hydrogens is 444 g/mol. The topological polar surface area (TPSA) is 92.7 Å². The number of carbonyl (C=O) groups excluding carboxylic acids is 2. The van der Waals surface area contributed by atoms with Crippen LogP contribution in [0.15, 0.2) is 17.2 Å². The van der Waals surface area contributed by atoms with Crippen molar-refractivity contribution in [1.82, 2.24) is 20.1 Å². The second kappa shape index (κ2) is 12.7. The zero-order valence-electron chi connectivity index (χ0n) is 22.0. The van der Waals surface area contributed by atoms with Crippen LogP contribution in [0.5, 0.6) is 0 Å². The van der Waals surface area contributed by atoms with Gasteiger partial charge in [-0.2, -0.15) is 0 Å². The predicted molar refractivity (Wildman–Crippen MR) is 138 cm³/mol. The molecule has 1 saturated carbocycles. The molecule has 2 aliphatic rings. The molecule has 1 aliphatic carbocycles. The van der Waals surface area contributed by atoms with Crippen molar-refractivity contribution in [2.75, 3.05) is 33.8 Å². The van der Waals surface area contributed by atoms with Crippen molar-refractivity contribution in [2.24, 2.45) is 5.41 Å². The van der Waals surface area contributed by atoms with Crippen LogP contribution in [0.2, 0.25) is 0 Å². The van der Waals surface area contributed by atoms with Crippen molar-refractivity contribution in [2.45, 2.75) is 90.3 Å². The maximum Gasteiger partial charge on any atom is 0.256 e. The van der Waals surface area contributed by atoms with E-state index in [-0.39, 0.29) is 34.6 Å². The third kappa shape index (κ3) is 8.46. The van der Waals surface area contributed by atoms with Crippen molar-refractivity contribution >= 4 is 11.8 Å². The van der Waals surface area contributed by atoms with Crippen LogP contribution in [0.1, 0.15) is 92.4 Å². The van der Waals surface area contributed by atoms with Crippen molar-refractivity contribution in [1.29, 1.82) is 0 Å². The number of aromatic nitrogens is 1. The van der Waals surface area contributed by atoms with Crippen LogP contribution in [0.3, 0.4) is 0 Å². The minimum atomic E-state index is -0.514. The summed E-state index contributed by atoms with van der Waals surface area (Å²) in [5, 5.41) is 6.02. The van der Waals surface area contributed by atoms with E-state index in [4.69, 9.17) is 4.74 Å². The molecule has 0 radical (unpaired) electrons. The highest BCUT2D eigenvalue weighted by Gasteiger charge is 2.25. The van der Waals surface area contributed by atoms with Gasteiger partial charge in [-0.25, -0.2) is 0 Å². The Labute approximate surface area is 209 Å². The lowest BCUT2D eigenvalue weighted by molar-refractivity contribution is 0.0908. The Bertz CT molecular complexity index is 910. The first-order valence-corrected chi connectivity index (χ1v) is 13.2. The summed E-state index contributed by atoms with van der Waals surface area (Å²) < 4.78 is 7.54. The molecule has 1 aliphatic heterocycles. The Hall–Kier alpha value is -2.19. The van der Waals surface area contributed by atoms with E-state index in [1.165, 1.54) is 19.3 Å². The first-order chi connectivity index (χ1) is 16.6. The number of nitrogens with one attached hydrogen (secondary N) is 2. The van der Waals surface area contributed by atoms with Crippen LogP contribution in [-0.2, 0) is 11.3 Å². The summed E-state index contributed by atoms with van der Waals surface area (Å²) in [6.07, 6.45) is 12.7. The molecule has 0 unspecified atom stereocenters. The molecule has 1 aromatic rings. The maximum atomic E-state index is 13.3. The monoisotopic (exact) mass is 488 g/mol. The molecule has 0 spiro atoms. The van der Waals surface area contributed by atoms with E-state index in [1.54, 1.807) is 17.0 Å². The molecular formula is C27H44N4O4. The molecule has 2 amide bonds. The lowest BCUT2D eigenvalue weighted by atomic mass is 9.93. The first kappa shape index (κ1) is 27.4. The molecule has 196 valence electrons. The van der Waals surface area contributed by atoms with Gasteiger partial charge >= 0.3 is 0 Å². The van der Waals surface area contributed by atoms with E-state index in [1.807, 2.05) is 14.1 Å². The second-order valence-corrected chi connectivity index (χ2v) is 11.3. The molecule has 0 aromatic carbocycles. The van der Waals surface area contributed by atoms with Gasteiger partial charge in [-0.3, -0.25) is 14.4 Å². The average molecular weight is 489 g/mol. The number of carbonyl (C=O) groups is 2. The zero-order chi connectivity index (χ0) is 25.4. The maximum absolute atomic E-state index is 13.3. The van der Waals surface area contributed by atoms with Gasteiger partial charge in [0.05, 0.1) is 6.10 Å². The minimum Gasteiger partial charge on any atom is -0.376 e. The molecule has 0 bridgehead atoms. The van der Waals surface area contributed by atoms with E-state index in [0.717, 1.165) is 45.1 Å². The third-order valence-corrected chi connectivity index (χ3v) is 6.92. The Kier molecular flexibility index (Phi) is 9.92. The van der Waals surface area contributed by atoms with Gasteiger partial charge in [-0.15, -0.1) is 0 Å². The normalized spacial score (nSPS) is 19.9. The van der Waals surface area contributed by atoms with Gasteiger partial charge in [0, 0.05) is 44.7 Å². The summed E-state index contributed by atoms with van der Waals surface area (Å²) in [5.41, 5.74) is -0.637. The zero-order valence-corrected chi connectivity index (χ0v) is 22.0. The van der Waals surface area contributed by atoms with E-state index >= 15 is 0 Å². The smallest absolute Gasteiger partial charge is 0.256 e. The van der Waals surface area contributed by atoms with Crippen LogP contribution in [0.4, 0.5) is 0 Å². The highest BCUT2D eigenvalue weighted by Crippen LogP contribution is 2.18. The number of hydrogen-bond donors (Lipinski definition) is 2. The van der Waals surface area contributed by atoms with Crippen LogP contribution in [-0.4, -0.2) is 67.2 Å². The standard InChI is InChI=1S/C27H44N4O4/c1-27(2,19-30(3)4)18-28-25(33)22-16-31(15-21-13-10-14-35-21)17-23(24(22)32)26(34)29-20-11-8-6-5-7-9-12-20/h16-17,20-21H,5-15,18-19H2,1-4H3,(H,28,33)(H,29,34)/t21-/m0/s1. The molecule has 35 heavy (non-hydrogen) atoms.